The van der Waals surface area contributed by atoms with Gasteiger partial charge in [-0.3, -0.25) is 4.79 Å². The SMILES string of the molecule is CCCS(=O)(=O)CC(=O)N1Cc2ccccc2N(C)CC1CC. The van der Waals surface area contributed by atoms with E-state index in [0.717, 1.165) is 17.7 Å². The Morgan fingerprint density at radius 2 is 1.96 bits per heavy atom. The van der Waals surface area contributed by atoms with Gasteiger partial charge in [0.15, 0.2) is 9.84 Å². The second-order valence-electron chi connectivity index (χ2n) is 6.18. The summed E-state index contributed by atoms with van der Waals surface area (Å²) >= 11 is 0. The number of nitrogens with zero attached hydrogens (tertiary/aromatic N) is 2. The fraction of sp³-hybridized carbons (Fsp3) is 0.588. The summed E-state index contributed by atoms with van der Waals surface area (Å²) in [5, 5.41) is 0. The zero-order valence-electron chi connectivity index (χ0n) is 14.2. The Hall–Kier alpha value is -1.56. The Morgan fingerprint density at radius 1 is 1.26 bits per heavy atom. The second-order valence-corrected chi connectivity index (χ2v) is 8.37. The third-order valence-electron chi connectivity index (χ3n) is 4.32. The van der Waals surface area contributed by atoms with Crippen molar-refractivity contribution >= 4 is 21.4 Å². The number of sulfone groups is 1. The van der Waals surface area contributed by atoms with E-state index in [1.54, 1.807) is 4.90 Å². The molecule has 1 aromatic rings. The molecule has 0 saturated carbocycles. The molecular weight excluding hydrogens is 312 g/mol. The lowest BCUT2D eigenvalue weighted by atomic mass is 10.1. The van der Waals surface area contributed by atoms with E-state index in [1.807, 2.05) is 45.2 Å². The highest BCUT2D eigenvalue weighted by molar-refractivity contribution is 7.92. The molecule has 1 aliphatic rings. The van der Waals surface area contributed by atoms with E-state index in [1.165, 1.54) is 0 Å². The Bertz CT molecular complexity index is 658. The highest BCUT2D eigenvalue weighted by Gasteiger charge is 2.30. The van der Waals surface area contributed by atoms with Crippen molar-refractivity contribution in [1.29, 1.82) is 0 Å². The van der Waals surface area contributed by atoms with Gasteiger partial charge in [-0.25, -0.2) is 8.42 Å². The van der Waals surface area contributed by atoms with Gasteiger partial charge in [-0.2, -0.15) is 0 Å². The quantitative estimate of drug-likeness (QED) is 0.825. The van der Waals surface area contributed by atoms with Crippen LogP contribution in [0, 0.1) is 0 Å². The molecule has 1 aromatic carbocycles. The molecule has 1 atom stereocenters. The molecule has 23 heavy (non-hydrogen) atoms. The molecule has 0 aromatic heterocycles. The number of benzene rings is 1. The number of hydrogen-bond donors (Lipinski definition) is 0. The maximum absolute atomic E-state index is 12.7. The lowest BCUT2D eigenvalue weighted by Crippen LogP contribution is -2.45. The summed E-state index contributed by atoms with van der Waals surface area (Å²) in [5.41, 5.74) is 2.17. The lowest BCUT2D eigenvalue weighted by Gasteiger charge is -2.30. The van der Waals surface area contributed by atoms with Crippen LogP contribution in [-0.2, 0) is 21.2 Å². The Morgan fingerprint density at radius 3 is 2.61 bits per heavy atom. The van der Waals surface area contributed by atoms with Gasteiger partial charge in [0.05, 0.1) is 5.75 Å². The number of hydrogen-bond acceptors (Lipinski definition) is 4. The van der Waals surface area contributed by atoms with Gasteiger partial charge in [-0.15, -0.1) is 0 Å². The van der Waals surface area contributed by atoms with Gasteiger partial charge in [0, 0.05) is 31.9 Å². The fourth-order valence-corrected chi connectivity index (χ4v) is 4.45. The number of fused-ring (bicyclic) bond motifs is 1. The zero-order chi connectivity index (χ0) is 17.0. The summed E-state index contributed by atoms with van der Waals surface area (Å²) in [4.78, 5) is 16.6. The van der Waals surface area contributed by atoms with E-state index < -0.39 is 9.84 Å². The van der Waals surface area contributed by atoms with Gasteiger partial charge in [0.1, 0.15) is 5.75 Å². The Kier molecular flexibility index (Phi) is 5.68. The van der Waals surface area contributed by atoms with E-state index in [-0.39, 0.29) is 23.5 Å². The van der Waals surface area contributed by atoms with Crippen LogP contribution in [0.4, 0.5) is 5.69 Å². The lowest BCUT2D eigenvalue weighted by molar-refractivity contribution is -0.131. The monoisotopic (exact) mass is 338 g/mol. The largest absolute Gasteiger partial charge is 0.372 e. The highest BCUT2D eigenvalue weighted by Crippen LogP contribution is 2.27. The average Bonchev–Trinajstić information content (AvgIpc) is 2.63. The van der Waals surface area contributed by atoms with Crippen molar-refractivity contribution in [2.45, 2.75) is 39.3 Å². The first-order valence-corrected chi connectivity index (χ1v) is 9.99. The van der Waals surface area contributed by atoms with Crippen LogP contribution in [0.3, 0.4) is 0 Å². The van der Waals surface area contributed by atoms with E-state index in [2.05, 4.69) is 4.90 Å². The molecule has 0 radical (unpaired) electrons. The number of carbonyl (C=O) groups is 1. The number of amides is 1. The van der Waals surface area contributed by atoms with Crippen molar-refractivity contribution in [1.82, 2.24) is 4.90 Å². The zero-order valence-corrected chi connectivity index (χ0v) is 15.0. The first-order valence-electron chi connectivity index (χ1n) is 8.17. The molecule has 0 aliphatic carbocycles. The van der Waals surface area contributed by atoms with Gasteiger partial charge in [0.2, 0.25) is 5.91 Å². The number of rotatable bonds is 5. The Balaban J connectivity index is 2.27. The summed E-state index contributed by atoms with van der Waals surface area (Å²) < 4.78 is 24.0. The molecule has 0 bridgehead atoms. The van der Waals surface area contributed by atoms with E-state index in [4.69, 9.17) is 0 Å². The minimum Gasteiger partial charge on any atom is -0.372 e. The van der Waals surface area contributed by atoms with E-state index >= 15 is 0 Å². The molecule has 5 nitrogen and oxygen atoms in total. The summed E-state index contributed by atoms with van der Waals surface area (Å²) in [6.45, 7) is 5.04. The molecule has 6 heteroatoms. The molecular formula is C17H26N2O3S. The molecule has 1 heterocycles. The highest BCUT2D eigenvalue weighted by atomic mass is 32.2. The van der Waals surface area contributed by atoms with E-state index in [9.17, 15) is 13.2 Å². The normalized spacial score (nSPS) is 18.5. The minimum atomic E-state index is -3.32. The third-order valence-corrected chi connectivity index (χ3v) is 6.04. The topological polar surface area (TPSA) is 57.7 Å². The van der Waals surface area contributed by atoms with Crippen LogP contribution in [-0.4, -0.2) is 50.4 Å². The van der Waals surface area contributed by atoms with Crippen molar-refractivity contribution in [2.24, 2.45) is 0 Å². The average molecular weight is 338 g/mol. The van der Waals surface area contributed by atoms with Gasteiger partial charge >= 0.3 is 0 Å². The summed E-state index contributed by atoms with van der Waals surface area (Å²) in [6, 6.07) is 8.01. The van der Waals surface area contributed by atoms with Crippen LogP contribution in [0.25, 0.3) is 0 Å². The molecule has 128 valence electrons. The Labute approximate surface area is 139 Å². The standard InChI is InChI=1S/C17H26N2O3S/c1-4-10-23(21,22)13-17(20)19-11-14-8-6-7-9-16(14)18(3)12-15(19)5-2/h6-9,15H,4-5,10-13H2,1-3H3. The van der Waals surface area contributed by atoms with Crippen molar-refractivity contribution in [2.75, 3.05) is 30.0 Å². The number of anilines is 1. The van der Waals surface area contributed by atoms with Crippen molar-refractivity contribution in [3.05, 3.63) is 29.8 Å². The first kappa shape index (κ1) is 17.8. The van der Waals surface area contributed by atoms with Crippen LogP contribution in [0.2, 0.25) is 0 Å². The van der Waals surface area contributed by atoms with Crippen LogP contribution in [0.1, 0.15) is 32.3 Å². The summed E-state index contributed by atoms with van der Waals surface area (Å²) in [7, 11) is -1.30. The maximum Gasteiger partial charge on any atom is 0.238 e. The molecule has 0 spiro atoms. The minimum absolute atomic E-state index is 0.0247. The molecule has 2 rings (SSSR count). The van der Waals surface area contributed by atoms with Crippen molar-refractivity contribution in [3.8, 4) is 0 Å². The predicted molar refractivity (Wildman–Crippen MR) is 93.3 cm³/mol. The number of likely N-dealkylation sites (N-methyl/N-ethyl adjacent to an activating group) is 1. The molecule has 1 amide bonds. The number of para-hydroxylation sites is 1. The van der Waals surface area contributed by atoms with Crippen LogP contribution < -0.4 is 4.90 Å². The van der Waals surface area contributed by atoms with Crippen LogP contribution in [0.15, 0.2) is 24.3 Å². The van der Waals surface area contributed by atoms with Crippen molar-refractivity contribution < 1.29 is 13.2 Å². The van der Waals surface area contributed by atoms with Gasteiger partial charge in [0.25, 0.3) is 0 Å². The maximum atomic E-state index is 12.7. The molecule has 0 saturated heterocycles. The van der Waals surface area contributed by atoms with Gasteiger partial charge in [-0.05, 0) is 24.5 Å². The third kappa shape index (κ3) is 4.25. The van der Waals surface area contributed by atoms with E-state index in [0.29, 0.717) is 19.5 Å². The fourth-order valence-electron chi connectivity index (χ4n) is 3.14. The first-order chi connectivity index (χ1) is 10.9. The summed E-state index contributed by atoms with van der Waals surface area (Å²) in [5.74, 6) is -0.598. The predicted octanol–water partition coefficient (Wildman–Crippen LogP) is 2.07. The van der Waals surface area contributed by atoms with Crippen molar-refractivity contribution in [3.63, 3.8) is 0 Å². The summed E-state index contributed by atoms with van der Waals surface area (Å²) in [6.07, 6.45) is 1.34. The smallest absolute Gasteiger partial charge is 0.238 e. The van der Waals surface area contributed by atoms with Crippen LogP contribution >= 0.6 is 0 Å². The molecule has 0 fully saturated rings. The molecule has 1 aliphatic heterocycles. The second kappa shape index (κ2) is 7.34. The molecule has 0 N–H and O–H groups in total. The van der Waals surface area contributed by atoms with Gasteiger partial charge < -0.3 is 9.80 Å². The molecule has 1 unspecified atom stereocenters. The van der Waals surface area contributed by atoms with Gasteiger partial charge in [-0.1, -0.05) is 32.0 Å². The number of carbonyl (C=O) groups excluding carboxylic acids is 1. The van der Waals surface area contributed by atoms with Crippen LogP contribution in [0.5, 0.6) is 0 Å².